The molecule has 2 aromatic rings. The van der Waals surface area contributed by atoms with E-state index >= 15 is 0 Å². The Kier molecular flexibility index (Phi) is 4.74. The van der Waals surface area contributed by atoms with Gasteiger partial charge in [0.1, 0.15) is 17.7 Å². The highest BCUT2D eigenvalue weighted by molar-refractivity contribution is 5.28. The standard InChI is InChI=1S/C17H20FNO/c1-3-16(19)17(13-9-7-12(2)8-10-13)20-15-6-4-5-14(18)11-15/h4-11,16-17H,3,19H2,1-2H3. The fraction of sp³-hybridized carbons (Fsp3) is 0.294. The molecule has 0 aliphatic carbocycles. The van der Waals surface area contributed by atoms with Crippen LogP contribution in [0, 0.1) is 12.7 Å². The highest BCUT2D eigenvalue weighted by atomic mass is 19.1. The molecule has 2 N–H and O–H groups in total. The number of rotatable bonds is 5. The Hall–Kier alpha value is -1.87. The molecular formula is C17H20FNO. The molecule has 106 valence electrons. The van der Waals surface area contributed by atoms with E-state index in [1.807, 2.05) is 38.1 Å². The van der Waals surface area contributed by atoms with E-state index in [4.69, 9.17) is 10.5 Å². The maximum atomic E-state index is 13.2. The zero-order valence-electron chi connectivity index (χ0n) is 11.8. The van der Waals surface area contributed by atoms with E-state index in [1.54, 1.807) is 12.1 Å². The van der Waals surface area contributed by atoms with Gasteiger partial charge in [0.2, 0.25) is 0 Å². The summed E-state index contributed by atoms with van der Waals surface area (Å²) in [6.45, 7) is 4.05. The van der Waals surface area contributed by atoms with Crippen LogP contribution in [0.3, 0.4) is 0 Å². The van der Waals surface area contributed by atoms with Crippen LogP contribution >= 0.6 is 0 Å². The molecule has 0 aliphatic rings. The number of halogens is 1. The van der Waals surface area contributed by atoms with E-state index in [0.29, 0.717) is 5.75 Å². The molecule has 0 fully saturated rings. The molecule has 2 atom stereocenters. The lowest BCUT2D eigenvalue weighted by Gasteiger charge is -2.25. The van der Waals surface area contributed by atoms with Crippen LogP contribution in [0.25, 0.3) is 0 Å². The summed E-state index contributed by atoms with van der Waals surface area (Å²) >= 11 is 0. The Morgan fingerprint density at radius 3 is 2.45 bits per heavy atom. The summed E-state index contributed by atoms with van der Waals surface area (Å²) < 4.78 is 19.2. The topological polar surface area (TPSA) is 35.2 Å². The van der Waals surface area contributed by atoms with Crippen molar-refractivity contribution in [2.75, 3.05) is 0 Å². The monoisotopic (exact) mass is 273 g/mol. The van der Waals surface area contributed by atoms with Gasteiger partial charge in [0.05, 0.1) is 0 Å². The van der Waals surface area contributed by atoms with Crippen molar-refractivity contribution in [2.45, 2.75) is 32.4 Å². The van der Waals surface area contributed by atoms with Crippen LogP contribution in [-0.4, -0.2) is 6.04 Å². The average molecular weight is 273 g/mol. The largest absolute Gasteiger partial charge is 0.484 e. The molecule has 0 radical (unpaired) electrons. The molecule has 0 aliphatic heterocycles. The van der Waals surface area contributed by atoms with Crippen LogP contribution in [0.5, 0.6) is 5.75 Å². The summed E-state index contributed by atoms with van der Waals surface area (Å²) in [7, 11) is 0. The van der Waals surface area contributed by atoms with Gasteiger partial charge in [-0.15, -0.1) is 0 Å². The summed E-state index contributed by atoms with van der Waals surface area (Å²) in [6.07, 6.45) is 0.510. The second-order valence-corrected chi connectivity index (χ2v) is 4.98. The molecule has 0 aromatic heterocycles. The zero-order valence-corrected chi connectivity index (χ0v) is 11.8. The maximum Gasteiger partial charge on any atom is 0.139 e. The molecule has 0 spiro atoms. The van der Waals surface area contributed by atoms with Crippen LogP contribution in [-0.2, 0) is 0 Å². The summed E-state index contributed by atoms with van der Waals surface area (Å²) in [4.78, 5) is 0. The molecule has 0 heterocycles. The Labute approximate surface area is 119 Å². The molecule has 2 aromatic carbocycles. The molecular weight excluding hydrogens is 253 g/mol. The molecule has 0 saturated carbocycles. The van der Waals surface area contributed by atoms with Crippen LogP contribution in [0.1, 0.15) is 30.6 Å². The highest BCUT2D eigenvalue weighted by Crippen LogP contribution is 2.26. The fourth-order valence-electron chi connectivity index (χ4n) is 2.06. The first kappa shape index (κ1) is 14.5. The molecule has 2 unspecified atom stereocenters. The number of hydrogen-bond donors (Lipinski definition) is 1. The van der Waals surface area contributed by atoms with Crippen molar-refractivity contribution in [1.29, 1.82) is 0 Å². The van der Waals surface area contributed by atoms with Crippen molar-refractivity contribution in [3.05, 3.63) is 65.5 Å². The Morgan fingerprint density at radius 1 is 1.15 bits per heavy atom. The van der Waals surface area contributed by atoms with Crippen LogP contribution < -0.4 is 10.5 Å². The van der Waals surface area contributed by atoms with Crippen LogP contribution in [0.4, 0.5) is 4.39 Å². The molecule has 0 bridgehead atoms. The number of nitrogens with two attached hydrogens (primary N) is 1. The van der Waals surface area contributed by atoms with E-state index in [9.17, 15) is 4.39 Å². The lowest BCUT2D eigenvalue weighted by Crippen LogP contribution is -2.31. The van der Waals surface area contributed by atoms with Gasteiger partial charge < -0.3 is 10.5 Å². The lowest BCUT2D eigenvalue weighted by atomic mass is 10.00. The van der Waals surface area contributed by atoms with Crippen molar-refractivity contribution >= 4 is 0 Å². The van der Waals surface area contributed by atoms with Gasteiger partial charge in [-0.2, -0.15) is 0 Å². The van der Waals surface area contributed by atoms with Gasteiger partial charge in [-0.3, -0.25) is 0 Å². The van der Waals surface area contributed by atoms with Gasteiger partial charge in [0.25, 0.3) is 0 Å². The minimum absolute atomic E-state index is 0.138. The van der Waals surface area contributed by atoms with Crippen molar-refractivity contribution in [1.82, 2.24) is 0 Å². The second kappa shape index (κ2) is 6.53. The molecule has 0 saturated heterocycles. The lowest BCUT2D eigenvalue weighted by molar-refractivity contribution is 0.170. The van der Waals surface area contributed by atoms with Crippen molar-refractivity contribution < 1.29 is 9.13 Å². The van der Waals surface area contributed by atoms with Crippen LogP contribution in [0.2, 0.25) is 0 Å². The van der Waals surface area contributed by atoms with Gasteiger partial charge in [-0.25, -0.2) is 4.39 Å². The third-order valence-electron chi connectivity index (χ3n) is 3.33. The van der Waals surface area contributed by atoms with E-state index in [1.165, 1.54) is 17.7 Å². The predicted octanol–water partition coefficient (Wildman–Crippen LogP) is 3.99. The average Bonchev–Trinajstić information content (AvgIpc) is 2.45. The first-order chi connectivity index (χ1) is 9.60. The van der Waals surface area contributed by atoms with E-state index < -0.39 is 0 Å². The number of hydrogen-bond acceptors (Lipinski definition) is 2. The van der Waals surface area contributed by atoms with Gasteiger partial charge >= 0.3 is 0 Å². The smallest absolute Gasteiger partial charge is 0.139 e. The number of benzene rings is 2. The number of ether oxygens (including phenoxy) is 1. The quantitative estimate of drug-likeness (QED) is 0.894. The minimum Gasteiger partial charge on any atom is -0.484 e. The van der Waals surface area contributed by atoms with Gasteiger partial charge in [0, 0.05) is 12.1 Å². The van der Waals surface area contributed by atoms with E-state index in [-0.39, 0.29) is 18.0 Å². The molecule has 20 heavy (non-hydrogen) atoms. The van der Waals surface area contributed by atoms with Gasteiger partial charge in [-0.1, -0.05) is 42.8 Å². The Morgan fingerprint density at radius 2 is 1.85 bits per heavy atom. The van der Waals surface area contributed by atoms with Crippen molar-refractivity contribution in [3.8, 4) is 5.75 Å². The van der Waals surface area contributed by atoms with E-state index in [0.717, 1.165) is 12.0 Å². The molecule has 2 nitrogen and oxygen atoms in total. The highest BCUT2D eigenvalue weighted by Gasteiger charge is 2.20. The van der Waals surface area contributed by atoms with E-state index in [2.05, 4.69) is 0 Å². The number of aryl methyl sites for hydroxylation is 1. The molecule has 0 amide bonds. The maximum absolute atomic E-state index is 13.2. The van der Waals surface area contributed by atoms with Crippen molar-refractivity contribution in [2.24, 2.45) is 5.73 Å². The van der Waals surface area contributed by atoms with Gasteiger partial charge in [0.15, 0.2) is 0 Å². The first-order valence-corrected chi connectivity index (χ1v) is 6.84. The normalized spacial score (nSPS) is 13.8. The summed E-state index contributed by atoms with van der Waals surface area (Å²) in [5.41, 5.74) is 8.35. The summed E-state index contributed by atoms with van der Waals surface area (Å²) in [6, 6.07) is 14.1. The first-order valence-electron chi connectivity index (χ1n) is 6.84. The van der Waals surface area contributed by atoms with Gasteiger partial charge in [-0.05, 0) is 31.0 Å². The SMILES string of the molecule is CCC(N)C(Oc1cccc(F)c1)c1ccc(C)cc1. The second-order valence-electron chi connectivity index (χ2n) is 4.98. The third kappa shape index (κ3) is 3.58. The predicted molar refractivity (Wildman–Crippen MR) is 79.2 cm³/mol. The van der Waals surface area contributed by atoms with Crippen molar-refractivity contribution in [3.63, 3.8) is 0 Å². The zero-order chi connectivity index (χ0) is 14.5. The summed E-state index contributed by atoms with van der Waals surface area (Å²) in [5, 5.41) is 0. The van der Waals surface area contributed by atoms with Crippen LogP contribution in [0.15, 0.2) is 48.5 Å². The Bertz CT molecular complexity index is 553. The third-order valence-corrected chi connectivity index (χ3v) is 3.33. The fourth-order valence-corrected chi connectivity index (χ4v) is 2.06. The Balaban J connectivity index is 2.26. The molecule has 2 rings (SSSR count). The minimum atomic E-state index is -0.310. The summed E-state index contributed by atoms with van der Waals surface area (Å²) in [5.74, 6) is 0.190. The molecule has 3 heteroatoms.